The molecule has 0 saturated carbocycles. The van der Waals surface area contributed by atoms with Gasteiger partial charge in [0.25, 0.3) is 0 Å². The molecule has 0 unspecified atom stereocenters. The molecule has 4 N–H and O–H groups in total. The molecule has 0 atom stereocenters. The fourth-order valence-electron chi connectivity index (χ4n) is 6.05. The number of rotatable bonds is 18. The number of hydrogen-bond acceptors (Lipinski definition) is 10. The van der Waals surface area contributed by atoms with Crippen molar-refractivity contribution < 1.29 is 29.0 Å². The van der Waals surface area contributed by atoms with Gasteiger partial charge >= 0.3 is 0 Å². The van der Waals surface area contributed by atoms with E-state index >= 15 is 0 Å². The van der Waals surface area contributed by atoms with Crippen molar-refractivity contribution in [3.63, 3.8) is 0 Å². The standard InChI is InChI=1S/C43H50N4O5.CH2O/c1-28(2)30-13-9-15-32(25-30)42(5,6)46-27-52-51-24-22-45-37-20-12-18-35-39(37)41(49)34-17-11-19-36(38(34)40(35)48)44-21-23-50-47-43(7,8)33-16-10-14-31(26-33)29(3)4;1-2/h9-20,25-26,44-47H,1,3,21-24,27H2,2,4-8H3;1H2. The van der Waals surface area contributed by atoms with Crippen molar-refractivity contribution in [3.05, 3.63) is 143 Å². The average Bonchev–Trinajstić information content (AvgIpc) is 3.17. The number of hydrogen-bond donors (Lipinski definition) is 4. The van der Waals surface area contributed by atoms with Crippen LogP contribution in [0.5, 0.6) is 0 Å². The maximum Gasteiger partial charge on any atom is 0.196 e. The van der Waals surface area contributed by atoms with Gasteiger partial charge in [0.2, 0.25) is 0 Å². The molecule has 0 radical (unpaired) electrons. The molecule has 0 spiro atoms. The normalized spacial score (nSPS) is 12.3. The van der Waals surface area contributed by atoms with Gasteiger partial charge in [-0.15, -0.1) is 0 Å². The first-order chi connectivity index (χ1) is 25.8. The number of anilines is 2. The largest absolute Gasteiger partial charge is 0.382 e. The molecule has 284 valence electrons. The van der Waals surface area contributed by atoms with Gasteiger partial charge in [0.15, 0.2) is 11.6 Å². The lowest BCUT2D eigenvalue weighted by atomic mass is 9.82. The number of benzene rings is 4. The highest BCUT2D eigenvalue weighted by Gasteiger charge is 2.33. The van der Waals surface area contributed by atoms with Gasteiger partial charge in [-0.05, 0) is 88.1 Å². The maximum atomic E-state index is 13.8. The fraction of sp³-hybridized carbons (Fsp3) is 0.295. The van der Waals surface area contributed by atoms with E-state index in [4.69, 9.17) is 19.4 Å². The Morgan fingerprint density at radius 2 is 1.09 bits per heavy atom. The van der Waals surface area contributed by atoms with Crippen LogP contribution in [-0.2, 0) is 30.5 Å². The number of nitrogens with one attached hydrogen (secondary N) is 4. The summed E-state index contributed by atoms with van der Waals surface area (Å²) >= 11 is 0. The molecule has 10 heteroatoms. The molecule has 0 fully saturated rings. The van der Waals surface area contributed by atoms with E-state index in [1.807, 2.05) is 70.9 Å². The predicted molar refractivity (Wildman–Crippen MR) is 216 cm³/mol. The summed E-state index contributed by atoms with van der Waals surface area (Å²) in [6.07, 6.45) is 0. The third-order valence-electron chi connectivity index (χ3n) is 9.23. The molecular weight excluding hydrogens is 681 g/mol. The molecule has 4 aromatic carbocycles. The van der Waals surface area contributed by atoms with Crippen molar-refractivity contribution in [1.29, 1.82) is 0 Å². The molecular formula is C44H52N4O6. The van der Waals surface area contributed by atoms with Crippen LogP contribution < -0.4 is 21.4 Å². The van der Waals surface area contributed by atoms with E-state index in [0.29, 0.717) is 53.3 Å². The lowest BCUT2D eigenvalue weighted by molar-refractivity contribution is -0.298. The van der Waals surface area contributed by atoms with E-state index in [-0.39, 0.29) is 30.4 Å². The van der Waals surface area contributed by atoms with Crippen molar-refractivity contribution in [1.82, 2.24) is 10.8 Å². The van der Waals surface area contributed by atoms with Gasteiger partial charge < -0.3 is 15.4 Å². The summed E-state index contributed by atoms with van der Waals surface area (Å²) in [6.45, 7) is 23.8. The van der Waals surface area contributed by atoms with Crippen molar-refractivity contribution in [2.24, 2.45) is 0 Å². The molecule has 0 heterocycles. The molecule has 1 aliphatic rings. The molecule has 1 aliphatic carbocycles. The Hall–Kier alpha value is -5.23. The van der Waals surface area contributed by atoms with Crippen LogP contribution in [0.25, 0.3) is 11.1 Å². The Labute approximate surface area is 318 Å². The number of fused-ring (bicyclic) bond motifs is 2. The summed E-state index contributed by atoms with van der Waals surface area (Å²) in [7, 11) is 0. The summed E-state index contributed by atoms with van der Waals surface area (Å²) < 4.78 is 0. The second kappa shape index (κ2) is 18.7. The van der Waals surface area contributed by atoms with Gasteiger partial charge in [-0.25, -0.2) is 9.78 Å². The molecule has 10 nitrogen and oxygen atoms in total. The summed E-state index contributed by atoms with van der Waals surface area (Å²) in [5, 5.41) is 9.90. The number of ketones is 2. The average molecular weight is 733 g/mol. The van der Waals surface area contributed by atoms with E-state index in [0.717, 1.165) is 33.4 Å². The van der Waals surface area contributed by atoms with Crippen LogP contribution in [0.4, 0.5) is 11.4 Å². The molecule has 54 heavy (non-hydrogen) atoms. The fourth-order valence-corrected chi connectivity index (χ4v) is 6.05. The lowest BCUT2D eigenvalue weighted by Gasteiger charge is -2.27. The van der Waals surface area contributed by atoms with Gasteiger partial charge in [0.1, 0.15) is 13.5 Å². The number of allylic oxidation sites excluding steroid dienone is 2. The van der Waals surface area contributed by atoms with Crippen LogP contribution >= 0.6 is 0 Å². The van der Waals surface area contributed by atoms with E-state index < -0.39 is 5.54 Å². The van der Waals surface area contributed by atoms with Crippen LogP contribution in [0.2, 0.25) is 0 Å². The Morgan fingerprint density at radius 3 is 1.59 bits per heavy atom. The minimum atomic E-state index is -0.443. The lowest BCUT2D eigenvalue weighted by Crippen LogP contribution is -2.38. The number of carbonyl (C=O) groups is 3. The van der Waals surface area contributed by atoms with Crippen molar-refractivity contribution in [2.45, 2.75) is 52.6 Å². The van der Waals surface area contributed by atoms with Crippen LogP contribution in [0.3, 0.4) is 0 Å². The maximum absolute atomic E-state index is 13.8. The highest BCUT2D eigenvalue weighted by Crippen LogP contribution is 2.35. The highest BCUT2D eigenvalue weighted by molar-refractivity contribution is 6.31. The molecule has 0 amide bonds. The van der Waals surface area contributed by atoms with Crippen molar-refractivity contribution in [3.8, 4) is 0 Å². The number of carbonyl (C=O) groups excluding carboxylic acids is 3. The van der Waals surface area contributed by atoms with Gasteiger partial charge in [-0.3, -0.25) is 19.7 Å². The van der Waals surface area contributed by atoms with Crippen LogP contribution in [0.15, 0.2) is 98.1 Å². The molecule has 0 aliphatic heterocycles. The summed E-state index contributed by atoms with van der Waals surface area (Å²) in [4.78, 5) is 52.3. The summed E-state index contributed by atoms with van der Waals surface area (Å²) in [6, 6.07) is 27.0. The minimum absolute atomic E-state index is 0.177. The molecule has 4 aromatic rings. The topological polar surface area (TPSA) is 127 Å². The first-order valence-corrected chi connectivity index (χ1v) is 17.8. The minimum Gasteiger partial charge on any atom is -0.382 e. The van der Waals surface area contributed by atoms with Crippen LogP contribution in [0, 0.1) is 0 Å². The summed E-state index contributed by atoms with van der Waals surface area (Å²) in [5.74, 6) is -0.427. The van der Waals surface area contributed by atoms with E-state index in [2.05, 4.69) is 66.6 Å². The van der Waals surface area contributed by atoms with E-state index in [1.165, 1.54) is 0 Å². The first-order valence-electron chi connectivity index (χ1n) is 17.8. The predicted octanol–water partition coefficient (Wildman–Crippen LogP) is 8.05. The van der Waals surface area contributed by atoms with E-state index in [1.54, 1.807) is 30.3 Å². The third-order valence-corrected chi connectivity index (χ3v) is 9.23. The molecule has 0 saturated heterocycles. The smallest absolute Gasteiger partial charge is 0.196 e. The SMILES string of the molecule is C=C(C)c1cccc(C(C)(C)NCOOCCNc2cccc3c2C(=O)c2cccc(NCCONC(C)(C)c4cccc(C(=C)C)c4)c2C3=O)c1.C=O. The Balaban J connectivity index is 0.00000319. The zero-order chi connectivity index (χ0) is 39.5. The first kappa shape index (κ1) is 41.5. The van der Waals surface area contributed by atoms with Crippen LogP contribution in [0.1, 0.15) is 95.6 Å². The molecule has 0 aromatic heterocycles. The Kier molecular flexibility index (Phi) is 14.4. The zero-order valence-electron chi connectivity index (χ0n) is 32.2. The third kappa shape index (κ3) is 10.0. The van der Waals surface area contributed by atoms with Gasteiger partial charge in [-0.2, -0.15) is 5.48 Å². The van der Waals surface area contributed by atoms with Gasteiger partial charge in [0.05, 0.1) is 29.9 Å². The van der Waals surface area contributed by atoms with Crippen molar-refractivity contribution in [2.75, 3.05) is 43.7 Å². The van der Waals surface area contributed by atoms with Crippen molar-refractivity contribution >= 4 is 40.9 Å². The second-order valence-corrected chi connectivity index (χ2v) is 14.2. The second-order valence-electron chi connectivity index (χ2n) is 14.2. The monoisotopic (exact) mass is 732 g/mol. The van der Waals surface area contributed by atoms with Gasteiger partial charge in [-0.1, -0.05) is 85.0 Å². The Bertz CT molecular complexity index is 1990. The zero-order valence-corrected chi connectivity index (χ0v) is 32.2. The molecule has 5 rings (SSSR count). The Morgan fingerprint density at radius 1 is 0.630 bits per heavy atom. The van der Waals surface area contributed by atoms with Gasteiger partial charge in [0, 0.05) is 41.1 Å². The van der Waals surface area contributed by atoms with E-state index in [9.17, 15) is 9.59 Å². The quantitative estimate of drug-likeness (QED) is 0.0304. The molecule has 0 bridgehead atoms. The number of hydroxylamine groups is 1. The summed E-state index contributed by atoms with van der Waals surface area (Å²) in [5.41, 5.74) is 11.3. The highest BCUT2D eigenvalue weighted by atomic mass is 17.2. The van der Waals surface area contributed by atoms with Crippen LogP contribution in [-0.4, -0.2) is 51.4 Å².